The molecule has 0 unspecified atom stereocenters. The maximum atomic E-state index is 13.8. The molecule has 2 heterocycles. The fraction of sp³-hybridized carbons (Fsp3) is 0.226. The number of benzene rings is 3. The fourth-order valence-electron chi connectivity index (χ4n) is 4.97. The third-order valence-electron chi connectivity index (χ3n) is 7.13. The molecular weight excluding hydrogens is 558 g/mol. The Morgan fingerprint density at radius 1 is 0.718 bits per heavy atom. The van der Waals surface area contributed by atoms with Gasteiger partial charge in [-0.3, -0.25) is 9.59 Å². The SMILES string of the molecule is COc1ccc(-c2cc(C(=O)N3CCN(C(=O)c4ccccc4Br)CC3)c(C)n2-c2cccc(OC)c2)cc1. The van der Waals surface area contributed by atoms with E-state index in [1.54, 1.807) is 19.1 Å². The number of methoxy groups -OCH3 is 2. The van der Waals surface area contributed by atoms with Crippen molar-refractivity contribution in [1.82, 2.24) is 14.4 Å². The Bertz CT molecular complexity index is 1500. The van der Waals surface area contributed by atoms with Gasteiger partial charge in [-0.1, -0.05) is 18.2 Å². The van der Waals surface area contributed by atoms with Crippen LogP contribution in [0.4, 0.5) is 0 Å². The lowest BCUT2D eigenvalue weighted by Gasteiger charge is -2.35. The van der Waals surface area contributed by atoms with Crippen molar-refractivity contribution in [2.75, 3.05) is 40.4 Å². The summed E-state index contributed by atoms with van der Waals surface area (Å²) in [6, 6.07) is 25.0. The van der Waals surface area contributed by atoms with E-state index in [2.05, 4.69) is 20.5 Å². The Balaban J connectivity index is 1.44. The van der Waals surface area contributed by atoms with Crippen LogP contribution in [0.25, 0.3) is 16.9 Å². The predicted octanol–water partition coefficient (Wildman–Crippen LogP) is 5.83. The second-order valence-corrected chi connectivity index (χ2v) is 10.2. The summed E-state index contributed by atoms with van der Waals surface area (Å²) in [5.74, 6) is 1.43. The van der Waals surface area contributed by atoms with Gasteiger partial charge < -0.3 is 23.8 Å². The van der Waals surface area contributed by atoms with Crippen LogP contribution in [0.15, 0.2) is 83.3 Å². The number of piperazine rings is 1. The van der Waals surface area contributed by atoms with E-state index in [-0.39, 0.29) is 11.8 Å². The van der Waals surface area contributed by atoms with Crippen LogP contribution < -0.4 is 9.47 Å². The molecule has 1 aliphatic rings. The number of rotatable bonds is 6. The van der Waals surface area contributed by atoms with Gasteiger partial charge in [-0.05, 0) is 83.0 Å². The Kier molecular flexibility index (Phi) is 7.74. The first-order valence-corrected chi connectivity index (χ1v) is 13.5. The first kappa shape index (κ1) is 26.6. The number of nitrogens with zero attached hydrogens (tertiary/aromatic N) is 3. The van der Waals surface area contributed by atoms with Crippen molar-refractivity contribution in [3.8, 4) is 28.4 Å². The zero-order valence-electron chi connectivity index (χ0n) is 22.2. The van der Waals surface area contributed by atoms with E-state index in [0.717, 1.165) is 38.6 Å². The highest BCUT2D eigenvalue weighted by Gasteiger charge is 2.29. The van der Waals surface area contributed by atoms with Gasteiger partial charge in [0.2, 0.25) is 0 Å². The molecule has 8 heteroatoms. The van der Waals surface area contributed by atoms with Crippen molar-refractivity contribution < 1.29 is 19.1 Å². The van der Waals surface area contributed by atoms with Gasteiger partial charge in [-0.25, -0.2) is 0 Å². The van der Waals surface area contributed by atoms with Crippen molar-refractivity contribution in [2.24, 2.45) is 0 Å². The van der Waals surface area contributed by atoms with Crippen LogP contribution in [0, 0.1) is 6.92 Å². The van der Waals surface area contributed by atoms with Gasteiger partial charge in [0.15, 0.2) is 0 Å². The molecule has 4 aromatic rings. The largest absolute Gasteiger partial charge is 0.497 e. The van der Waals surface area contributed by atoms with Crippen molar-refractivity contribution in [3.63, 3.8) is 0 Å². The average molecular weight is 589 g/mol. The molecule has 2 amide bonds. The predicted molar refractivity (Wildman–Crippen MR) is 155 cm³/mol. The Labute approximate surface area is 236 Å². The normalized spacial score (nSPS) is 13.3. The van der Waals surface area contributed by atoms with Gasteiger partial charge in [-0.15, -0.1) is 0 Å². The molecule has 0 atom stereocenters. The van der Waals surface area contributed by atoms with Crippen LogP contribution in [0.1, 0.15) is 26.4 Å². The Hall–Kier alpha value is -4.04. The lowest BCUT2D eigenvalue weighted by molar-refractivity contribution is 0.0534. The van der Waals surface area contributed by atoms with Crippen molar-refractivity contribution in [1.29, 1.82) is 0 Å². The van der Waals surface area contributed by atoms with Crippen molar-refractivity contribution >= 4 is 27.7 Å². The highest BCUT2D eigenvalue weighted by atomic mass is 79.9. The molecule has 5 rings (SSSR count). The van der Waals surface area contributed by atoms with Crippen LogP contribution in [0.5, 0.6) is 11.5 Å². The summed E-state index contributed by atoms with van der Waals surface area (Å²) in [7, 11) is 3.28. The highest BCUT2D eigenvalue weighted by molar-refractivity contribution is 9.10. The number of carbonyl (C=O) groups excluding carboxylic acids is 2. The Morgan fingerprint density at radius 2 is 1.33 bits per heavy atom. The monoisotopic (exact) mass is 587 g/mol. The second kappa shape index (κ2) is 11.4. The minimum absolute atomic E-state index is 0.0308. The van der Waals surface area contributed by atoms with Crippen LogP contribution in [-0.4, -0.2) is 66.6 Å². The second-order valence-electron chi connectivity index (χ2n) is 9.36. The van der Waals surface area contributed by atoms with Crippen LogP contribution >= 0.6 is 15.9 Å². The number of aromatic nitrogens is 1. The van der Waals surface area contributed by atoms with Gasteiger partial charge >= 0.3 is 0 Å². The third-order valence-corrected chi connectivity index (χ3v) is 7.82. The van der Waals surface area contributed by atoms with E-state index >= 15 is 0 Å². The zero-order valence-corrected chi connectivity index (χ0v) is 23.8. The number of carbonyl (C=O) groups is 2. The molecule has 0 aliphatic carbocycles. The summed E-state index contributed by atoms with van der Waals surface area (Å²) in [5.41, 5.74) is 4.87. The van der Waals surface area contributed by atoms with E-state index in [0.29, 0.717) is 37.3 Å². The molecule has 1 aromatic heterocycles. The molecule has 7 nitrogen and oxygen atoms in total. The van der Waals surface area contributed by atoms with Gasteiger partial charge in [0.25, 0.3) is 11.8 Å². The summed E-state index contributed by atoms with van der Waals surface area (Å²) >= 11 is 3.47. The minimum Gasteiger partial charge on any atom is -0.497 e. The van der Waals surface area contributed by atoms with Gasteiger partial charge in [0, 0.05) is 48.1 Å². The van der Waals surface area contributed by atoms with Crippen molar-refractivity contribution in [2.45, 2.75) is 6.92 Å². The molecule has 0 N–H and O–H groups in total. The molecule has 0 saturated carbocycles. The maximum Gasteiger partial charge on any atom is 0.255 e. The number of halogens is 1. The number of ether oxygens (including phenoxy) is 2. The lowest BCUT2D eigenvalue weighted by Crippen LogP contribution is -2.50. The van der Waals surface area contributed by atoms with E-state index in [4.69, 9.17) is 9.47 Å². The zero-order chi connectivity index (χ0) is 27.5. The molecule has 0 bridgehead atoms. The molecule has 3 aromatic carbocycles. The van der Waals surface area contributed by atoms with E-state index in [1.165, 1.54) is 0 Å². The van der Waals surface area contributed by atoms with Crippen molar-refractivity contribution in [3.05, 3.63) is 100 Å². The topological polar surface area (TPSA) is 64.0 Å². The summed E-state index contributed by atoms with van der Waals surface area (Å²) in [6.45, 7) is 3.86. The summed E-state index contributed by atoms with van der Waals surface area (Å²) in [4.78, 5) is 30.5. The van der Waals surface area contributed by atoms with Crippen LogP contribution in [0.2, 0.25) is 0 Å². The number of amides is 2. The number of hydrogen-bond donors (Lipinski definition) is 0. The van der Waals surface area contributed by atoms with Crippen LogP contribution in [0.3, 0.4) is 0 Å². The van der Waals surface area contributed by atoms with E-state index in [9.17, 15) is 9.59 Å². The molecule has 1 fully saturated rings. The van der Waals surface area contributed by atoms with Gasteiger partial charge in [-0.2, -0.15) is 0 Å². The molecule has 200 valence electrons. The third kappa shape index (κ3) is 5.29. The molecule has 0 spiro atoms. The smallest absolute Gasteiger partial charge is 0.255 e. The maximum absolute atomic E-state index is 13.8. The molecule has 0 radical (unpaired) electrons. The molecular formula is C31H30BrN3O4. The van der Waals surface area contributed by atoms with E-state index in [1.807, 2.05) is 90.7 Å². The number of hydrogen-bond acceptors (Lipinski definition) is 4. The minimum atomic E-state index is -0.0445. The fourth-order valence-corrected chi connectivity index (χ4v) is 5.42. The molecule has 1 saturated heterocycles. The first-order chi connectivity index (χ1) is 18.9. The standard InChI is InChI=1S/C31H30BrN3O4/c1-21-27(31(37)34-17-15-33(16-18-34)30(36)26-9-4-5-10-28(26)32)20-29(22-11-13-24(38-2)14-12-22)35(21)23-7-6-8-25(19-23)39-3/h4-14,19-20H,15-18H2,1-3H3. The summed E-state index contributed by atoms with van der Waals surface area (Å²) in [6.07, 6.45) is 0. The Morgan fingerprint density at radius 3 is 1.95 bits per heavy atom. The van der Waals surface area contributed by atoms with Crippen LogP contribution in [-0.2, 0) is 0 Å². The summed E-state index contributed by atoms with van der Waals surface area (Å²) in [5, 5.41) is 0. The highest BCUT2D eigenvalue weighted by Crippen LogP contribution is 2.32. The van der Waals surface area contributed by atoms with E-state index < -0.39 is 0 Å². The quantitative estimate of drug-likeness (QED) is 0.285. The molecule has 1 aliphatic heterocycles. The summed E-state index contributed by atoms with van der Waals surface area (Å²) < 4.78 is 13.7. The average Bonchev–Trinajstić information content (AvgIpc) is 3.33. The van der Waals surface area contributed by atoms with Gasteiger partial charge in [0.05, 0.1) is 31.0 Å². The molecule has 39 heavy (non-hydrogen) atoms. The first-order valence-electron chi connectivity index (χ1n) is 12.8. The van der Waals surface area contributed by atoms with Gasteiger partial charge in [0.1, 0.15) is 11.5 Å². The lowest BCUT2D eigenvalue weighted by atomic mass is 10.1.